The van der Waals surface area contributed by atoms with Gasteiger partial charge in [-0.1, -0.05) is 19.8 Å². The number of aldehydes is 1. The molecule has 0 saturated heterocycles. The van der Waals surface area contributed by atoms with E-state index in [1.807, 2.05) is 0 Å². The van der Waals surface area contributed by atoms with Crippen molar-refractivity contribution in [2.45, 2.75) is 32.6 Å². The molecule has 0 spiro atoms. The van der Waals surface area contributed by atoms with Crippen LogP contribution in [0.5, 0.6) is 0 Å². The Hall–Kier alpha value is -0.830. The molecule has 1 aliphatic carbocycles. The summed E-state index contributed by atoms with van der Waals surface area (Å²) in [5.74, 6) is 1.54. The van der Waals surface area contributed by atoms with Crippen LogP contribution in [0.25, 0.3) is 0 Å². The number of allylic oxidation sites excluding steroid dienone is 1. The molecule has 0 heterocycles. The minimum Gasteiger partial charge on any atom is -0.391 e. The van der Waals surface area contributed by atoms with E-state index in [0.717, 1.165) is 38.4 Å². The van der Waals surface area contributed by atoms with Gasteiger partial charge in [-0.05, 0) is 37.0 Å². The molecule has 3 heteroatoms. The predicted octanol–water partition coefficient (Wildman–Crippen LogP) is 2.13. The molecule has 0 aliphatic heterocycles. The Morgan fingerprint density at radius 2 is 2.31 bits per heavy atom. The summed E-state index contributed by atoms with van der Waals surface area (Å²) in [7, 11) is 0. The van der Waals surface area contributed by atoms with Gasteiger partial charge in [0, 0.05) is 19.8 Å². The first kappa shape index (κ1) is 13.2. The second kappa shape index (κ2) is 8.34. The van der Waals surface area contributed by atoms with Gasteiger partial charge in [-0.2, -0.15) is 0 Å². The van der Waals surface area contributed by atoms with E-state index in [9.17, 15) is 4.79 Å². The zero-order valence-electron chi connectivity index (χ0n) is 10.2. The molecule has 3 nitrogen and oxygen atoms in total. The molecule has 1 N–H and O–H groups in total. The molecule has 1 aliphatic rings. The molecule has 0 aromatic carbocycles. The zero-order valence-corrected chi connectivity index (χ0v) is 10.2. The lowest BCUT2D eigenvalue weighted by Gasteiger charge is -2.11. The Morgan fingerprint density at radius 3 is 3.00 bits per heavy atom. The number of carbonyl (C=O) groups excluding carboxylic acids is 1. The van der Waals surface area contributed by atoms with Gasteiger partial charge in [0.2, 0.25) is 0 Å². The fraction of sp³-hybridized carbons (Fsp3) is 0.769. The van der Waals surface area contributed by atoms with E-state index in [1.54, 1.807) is 6.20 Å². The summed E-state index contributed by atoms with van der Waals surface area (Å²) in [5, 5.41) is 3.07. The molecular weight excluding hydrogens is 202 g/mol. The van der Waals surface area contributed by atoms with Crippen molar-refractivity contribution in [3.05, 3.63) is 12.3 Å². The Kier molecular flexibility index (Phi) is 6.90. The average molecular weight is 225 g/mol. The molecule has 1 saturated carbocycles. The highest BCUT2D eigenvalue weighted by molar-refractivity contribution is 5.64. The van der Waals surface area contributed by atoms with Crippen LogP contribution in [0.3, 0.4) is 0 Å². The van der Waals surface area contributed by atoms with E-state index in [1.165, 1.54) is 25.3 Å². The van der Waals surface area contributed by atoms with Gasteiger partial charge >= 0.3 is 0 Å². The highest BCUT2D eigenvalue weighted by atomic mass is 16.5. The molecule has 1 atom stereocenters. The van der Waals surface area contributed by atoms with Gasteiger partial charge in [-0.3, -0.25) is 4.79 Å². The zero-order chi connectivity index (χ0) is 11.6. The van der Waals surface area contributed by atoms with Crippen molar-refractivity contribution < 1.29 is 9.53 Å². The number of carbonyl (C=O) groups is 1. The van der Waals surface area contributed by atoms with Crippen molar-refractivity contribution >= 4 is 6.29 Å². The van der Waals surface area contributed by atoms with Crippen molar-refractivity contribution in [3.63, 3.8) is 0 Å². The van der Waals surface area contributed by atoms with E-state index < -0.39 is 0 Å². The molecular formula is C13H23NO2. The summed E-state index contributed by atoms with van der Waals surface area (Å²) in [5.41, 5.74) is 0. The summed E-state index contributed by atoms with van der Waals surface area (Å²) in [6.07, 6.45) is 9.07. The van der Waals surface area contributed by atoms with Crippen LogP contribution >= 0.6 is 0 Å². The monoisotopic (exact) mass is 225 g/mol. The number of ether oxygens (including phenoxy) is 1. The van der Waals surface area contributed by atoms with E-state index in [-0.39, 0.29) is 0 Å². The van der Waals surface area contributed by atoms with Gasteiger partial charge in [0.25, 0.3) is 0 Å². The molecule has 1 fully saturated rings. The summed E-state index contributed by atoms with van der Waals surface area (Å²) in [4.78, 5) is 9.99. The number of nitrogens with one attached hydrogen (secondary N) is 1. The van der Waals surface area contributed by atoms with Gasteiger partial charge in [0.05, 0.1) is 0 Å². The normalized spacial score (nSPS) is 17.6. The molecule has 1 unspecified atom stereocenters. The van der Waals surface area contributed by atoms with Gasteiger partial charge in [0.1, 0.15) is 6.29 Å². The standard InChI is InChI=1S/C13H23NO2/c1-12(5-8-14-7-2-9-15)11-16-10-6-13-3-4-13/h2,7,9,12-14H,3-6,8,10-11H2,1H3/b7-2-. The molecule has 0 radical (unpaired) electrons. The Balaban J connectivity index is 1.83. The second-order valence-corrected chi connectivity index (χ2v) is 4.65. The van der Waals surface area contributed by atoms with Crippen molar-refractivity contribution in [1.82, 2.24) is 5.32 Å². The molecule has 92 valence electrons. The first-order chi connectivity index (χ1) is 7.83. The summed E-state index contributed by atoms with van der Waals surface area (Å²) in [6, 6.07) is 0. The summed E-state index contributed by atoms with van der Waals surface area (Å²) >= 11 is 0. The van der Waals surface area contributed by atoms with Crippen LogP contribution in [0.1, 0.15) is 32.6 Å². The third kappa shape index (κ3) is 7.46. The van der Waals surface area contributed by atoms with Gasteiger partial charge in [-0.25, -0.2) is 0 Å². The third-order valence-corrected chi connectivity index (χ3v) is 2.84. The Labute approximate surface area is 98.2 Å². The van der Waals surface area contributed by atoms with Gasteiger partial charge in [0.15, 0.2) is 0 Å². The van der Waals surface area contributed by atoms with Crippen LogP contribution in [-0.4, -0.2) is 26.0 Å². The van der Waals surface area contributed by atoms with Crippen LogP contribution < -0.4 is 5.32 Å². The fourth-order valence-electron chi connectivity index (χ4n) is 1.54. The van der Waals surface area contributed by atoms with Crippen molar-refractivity contribution in [2.24, 2.45) is 11.8 Å². The maximum Gasteiger partial charge on any atom is 0.144 e. The van der Waals surface area contributed by atoms with Crippen LogP contribution in [0.2, 0.25) is 0 Å². The number of rotatable bonds is 10. The van der Waals surface area contributed by atoms with E-state index in [4.69, 9.17) is 4.74 Å². The maximum atomic E-state index is 9.99. The predicted molar refractivity (Wildman–Crippen MR) is 65.1 cm³/mol. The first-order valence-electron chi connectivity index (χ1n) is 6.24. The minimum atomic E-state index is 0.580. The summed E-state index contributed by atoms with van der Waals surface area (Å²) in [6.45, 7) is 4.87. The highest BCUT2D eigenvalue weighted by Crippen LogP contribution is 2.32. The van der Waals surface area contributed by atoms with Crippen LogP contribution in [-0.2, 0) is 9.53 Å². The molecule has 0 aromatic heterocycles. The van der Waals surface area contributed by atoms with Crippen LogP contribution in [0.15, 0.2) is 12.3 Å². The van der Waals surface area contributed by atoms with Crippen molar-refractivity contribution in [2.75, 3.05) is 19.8 Å². The molecule has 0 bridgehead atoms. The molecule has 16 heavy (non-hydrogen) atoms. The largest absolute Gasteiger partial charge is 0.391 e. The second-order valence-electron chi connectivity index (χ2n) is 4.65. The van der Waals surface area contributed by atoms with Gasteiger partial charge < -0.3 is 10.1 Å². The molecule has 0 amide bonds. The topological polar surface area (TPSA) is 38.3 Å². The van der Waals surface area contributed by atoms with Crippen LogP contribution in [0, 0.1) is 11.8 Å². The first-order valence-corrected chi connectivity index (χ1v) is 6.24. The van der Waals surface area contributed by atoms with E-state index >= 15 is 0 Å². The lowest BCUT2D eigenvalue weighted by Crippen LogP contribution is -2.15. The number of hydrogen-bond donors (Lipinski definition) is 1. The minimum absolute atomic E-state index is 0.580. The third-order valence-electron chi connectivity index (χ3n) is 2.84. The van der Waals surface area contributed by atoms with Gasteiger partial charge in [-0.15, -0.1) is 0 Å². The number of hydrogen-bond acceptors (Lipinski definition) is 3. The quantitative estimate of drug-likeness (QED) is 0.352. The molecule has 0 aromatic rings. The van der Waals surface area contributed by atoms with Crippen molar-refractivity contribution in [1.29, 1.82) is 0 Å². The highest BCUT2D eigenvalue weighted by Gasteiger charge is 2.20. The van der Waals surface area contributed by atoms with Crippen LogP contribution in [0.4, 0.5) is 0 Å². The smallest absolute Gasteiger partial charge is 0.144 e. The fourth-order valence-corrected chi connectivity index (χ4v) is 1.54. The van der Waals surface area contributed by atoms with Crippen molar-refractivity contribution in [3.8, 4) is 0 Å². The average Bonchev–Trinajstić information content (AvgIpc) is 3.08. The van der Waals surface area contributed by atoms with E-state index in [2.05, 4.69) is 12.2 Å². The maximum absolute atomic E-state index is 9.99. The van der Waals surface area contributed by atoms with E-state index in [0.29, 0.717) is 5.92 Å². The molecule has 1 rings (SSSR count). The lowest BCUT2D eigenvalue weighted by molar-refractivity contribution is -0.104. The lowest BCUT2D eigenvalue weighted by atomic mass is 10.1. The SMILES string of the molecule is CC(CCN/C=C\C=O)COCCC1CC1. The summed E-state index contributed by atoms with van der Waals surface area (Å²) < 4.78 is 5.62. The Bertz CT molecular complexity index is 212. The Morgan fingerprint density at radius 1 is 1.50 bits per heavy atom.